The summed E-state index contributed by atoms with van der Waals surface area (Å²) in [6.07, 6.45) is 5.68. The first kappa shape index (κ1) is 26.0. The lowest BCUT2D eigenvalue weighted by Crippen LogP contribution is -2.10. The van der Waals surface area contributed by atoms with Gasteiger partial charge in [-0.3, -0.25) is 9.52 Å². The number of ether oxygens (including phenoxy) is 2. The third kappa shape index (κ3) is 7.19. The van der Waals surface area contributed by atoms with Crippen LogP contribution in [-0.2, 0) is 27.7 Å². The number of para-hydroxylation sites is 1. The third-order valence-corrected chi connectivity index (χ3v) is 5.72. The summed E-state index contributed by atoms with van der Waals surface area (Å²) in [4.78, 5) is 15.5. The molecule has 188 valence electrons. The number of aryl methyl sites for hydroxylation is 1. The molecule has 2 N–H and O–H groups in total. The van der Waals surface area contributed by atoms with Crippen LogP contribution in [0.2, 0.25) is 0 Å². The number of aromatic nitrogens is 3. The van der Waals surface area contributed by atoms with Crippen molar-refractivity contribution >= 4 is 21.7 Å². The molecule has 0 fully saturated rings. The molecule has 1 aromatic carbocycles. The monoisotopic (exact) mass is 502 g/mol. The quantitative estimate of drug-likeness (QED) is 0.360. The summed E-state index contributed by atoms with van der Waals surface area (Å²) < 4.78 is 38.2. The van der Waals surface area contributed by atoms with E-state index in [4.69, 9.17) is 9.47 Å². The Bertz CT molecular complexity index is 1270. The minimum Gasteiger partial charge on any atom is -0.493 e. The normalized spacial score (nSPS) is 11.5. The lowest BCUT2D eigenvalue weighted by atomic mass is 10.0. The SMILES string of the molecule is COc1cccc(CC(=O)O)c1OCCCc1cn(-c2ccc(NS(C)(=O)=O)cn2)nc1C(C)C. The second-order valence-electron chi connectivity index (χ2n) is 8.39. The zero-order chi connectivity index (χ0) is 25.6. The van der Waals surface area contributed by atoms with Crippen molar-refractivity contribution in [3.8, 4) is 17.3 Å². The lowest BCUT2D eigenvalue weighted by Gasteiger charge is -2.14. The van der Waals surface area contributed by atoms with E-state index in [1.54, 1.807) is 35.0 Å². The van der Waals surface area contributed by atoms with Crippen LogP contribution in [0.15, 0.2) is 42.7 Å². The van der Waals surface area contributed by atoms with E-state index in [0.29, 0.717) is 48.0 Å². The molecular formula is C24H30N4O6S. The predicted octanol–water partition coefficient (Wildman–Crippen LogP) is 3.41. The number of hydrogen-bond acceptors (Lipinski definition) is 7. The van der Waals surface area contributed by atoms with Gasteiger partial charge in [0.2, 0.25) is 10.0 Å². The van der Waals surface area contributed by atoms with Crippen molar-refractivity contribution in [2.45, 2.75) is 39.0 Å². The van der Waals surface area contributed by atoms with Gasteiger partial charge in [-0.25, -0.2) is 18.1 Å². The number of sulfonamides is 1. The highest BCUT2D eigenvalue weighted by atomic mass is 32.2. The summed E-state index contributed by atoms with van der Waals surface area (Å²) in [5.74, 6) is 0.768. The summed E-state index contributed by atoms with van der Waals surface area (Å²) in [6.45, 7) is 4.50. The summed E-state index contributed by atoms with van der Waals surface area (Å²) >= 11 is 0. The number of pyridine rings is 1. The number of carbonyl (C=O) groups is 1. The molecule has 3 aromatic rings. The average Bonchev–Trinajstić information content (AvgIpc) is 3.21. The summed E-state index contributed by atoms with van der Waals surface area (Å²) in [5.41, 5.74) is 2.93. The number of anilines is 1. The predicted molar refractivity (Wildman–Crippen MR) is 132 cm³/mol. The largest absolute Gasteiger partial charge is 0.493 e. The third-order valence-electron chi connectivity index (χ3n) is 5.11. The fourth-order valence-corrected chi connectivity index (χ4v) is 4.19. The van der Waals surface area contributed by atoms with E-state index in [2.05, 4.69) is 28.7 Å². The molecule has 0 aliphatic carbocycles. The molecule has 0 saturated heterocycles. The molecule has 3 rings (SSSR count). The molecule has 0 saturated carbocycles. The van der Waals surface area contributed by atoms with Crippen molar-refractivity contribution < 1.29 is 27.8 Å². The van der Waals surface area contributed by atoms with Crippen LogP contribution >= 0.6 is 0 Å². The molecule has 2 heterocycles. The van der Waals surface area contributed by atoms with Crippen LogP contribution in [0.25, 0.3) is 5.82 Å². The van der Waals surface area contributed by atoms with Gasteiger partial charge in [0.1, 0.15) is 0 Å². The molecule has 0 spiro atoms. The number of nitrogens with one attached hydrogen (secondary N) is 1. The summed E-state index contributed by atoms with van der Waals surface area (Å²) in [5, 5.41) is 13.9. The van der Waals surface area contributed by atoms with E-state index >= 15 is 0 Å². The molecule has 11 heteroatoms. The number of carboxylic acids is 1. The fourth-order valence-electron chi connectivity index (χ4n) is 3.64. The number of nitrogens with zero attached hydrogens (tertiary/aromatic N) is 3. The van der Waals surface area contributed by atoms with Crippen molar-refractivity contribution in [3.05, 3.63) is 59.5 Å². The van der Waals surface area contributed by atoms with Gasteiger partial charge < -0.3 is 14.6 Å². The molecule has 35 heavy (non-hydrogen) atoms. The Hall–Kier alpha value is -3.60. The zero-order valence-electron chi connectivity index (χ0n) is 20.2. The van der Waals surface area contributed by atoms with E-state index < -0.39 is 16.0 Å². The van der Waals surface area contributed by atoms with Gasteiger partial charge in [0.05, 0.1) is 44.0 Å². The minimum absolute atomic E-state index is 0.150. The van der Waals surface area contributed by atoms with Gasteiger partial charge in [0, 0.05) is 11.8 Å². The molecule has 0 unspecified atom stereocenters. The fraction of sp³-hybridized carbons (Fsp3) is 0.375. The van der Waals surface area contributed by atoms with E-state index in [-0.39, 0.29) is 12.3 Å². The van der Waals surface area contributed by atoms with Gasteiger partial charge in [-0.1, -0.05) is 26.0 Å². The molecule has 0 aliphatic heterocycles. The van der Waals surface area contributed by atoms with Gasteiger partial charge >= 0.3 is 5.97 Å². The van der Waals surface area contributed by atoms with Gasteiger partial charge in [0.25, 0.3) is 0 Å². The smallest absolute Gasteiger partial charge is 0.307 e. The second kappa shape index (κ2) is 11.2. The molecule has 10 nitrogen and oxygen atoms in total. The Morgan fingerprint density at radius 2 is 1.97 bits per heavy atom. The van der Waals surface area contributed by atoms with Crippen molar-refractivity contribution in [2.75, 3.05) is 24.7 Å². The van der Waals surface area contributed by atoms with Gasteiger partial charge in [0.15, 0.2) is 17.3 Å². The molecule has 0 aliphatic rings. The molecule has 0 atom stereocenters. The molecule has 2 aromatic heterocycles. The first-order valence-corrected chi connectivity index (χ1v) is 13.0. The number of methoxy groups -OCH3 is 1. The maximum absolute atomic E-state index is 11.4. The molecule has 0 bridgehead atoms. The Kier molecular flexibility index (Phi) is 8.34. The number of hydrogen-bond donors (Lipinski definition) is 2. The Balaban J connectivity index is 1.70. The maximum atomic E-state index is 11.4. The molecular weight excluding hydrogens is 472 g/mol. The van der Waals surface area contributed by atoms with E-state index in [1.807, 2.05) is 6.20 Å². The number of rotatable bonds is 12. The van der Waals surface area contributed by atoms with Crippen molar-refractivity contribution in [2.24, 2.45) is 0 Å². The van der Waals surface area contributed by atoms with E-state index in [1.165, 1.54) is 13.3 Å². The van der Waals surface area contributed by atoms with Crippen LogP contribution in [0.5, 0.6) is 11.5 Å². The zero-order valence-corrected chi connectivity index (χ0v) is 21.0. The van der Waals surface area contributed by atoms with Crippen LogP contribution in [0.3, 0.4) is 0 Å². The standard InChI is InChI=1S/C24H30N4O6S/c1-16(2)23-18(15-28(26-23)21-11-10-19(14-25-21)27-35(4,31)32)8-6-12-34-24-17(13-22(29)30)7-5-9-20(24)33-3/h5,7,9-11,14-16,27H,6,8,12-13H2,1-4H3,(H,29,30). The van der Waals surface area contributed by atoms with E-state index in [0.717, 1.165) is 17.5 Å². The lowest BCUT2D eigenvalue weighted by molar-refractivity contribution is -0.136. The molecule has 0 radical (unpaired) electrons. The van der Waals surface area contributed by atoms with Gasteiger partial charge in [-0.05, 0) is 42.5 Å². The first-order valence-electron chi connectivity index (χ1n) is 11.1. The minimum atomic E-state index is -3.38. The van der Waals surface area contributed by atoms with Crippen LogP contribution < -0.4 is 14.2 Å². The number of aliphatic carboxylic acids is 1. The number of benzene rings is 1. The first-order chi connectivity index (χ1) is 16.6. The Labute approximate surface area is 205 Å². The Morgan fingerprint density at radius 1 is 1.20 bits per heavy atom. The average molecular weight is 503 g/mol. The number of carboxylic acid groups (broad SMARTS) is 1. The van der Waals surface area contributed by atoms with Crippen molar-refractivity contribution in [1.29, 1.82) is 0 Å². The Morgan fingerprint density at radius 3 is 2.57 bits per heavy atom. The van der Waals surface area contributed by atoms with Crippen molar-refractivity contribution in [1.82, 2.24) is 14.8 Å². The maximum Gasteiger partial charge on any atom is 0.307 e. The van der Waals surface area contributed by atoms with Crippen LogP contribution in [-0.4, -0.2) is 54.2 Å². The summed E-state index contributed by atoms with van der Waals surface area (Å²) in [7, 11) is -1.85. The highest BCUT2D eigenvalue weighted by molar-refractivity contribution is 7.92. The highest BCUT2D eigenvalue weighted by Crippen LogP contribution is 2.32. The molecule has 0 amide bonds. The van der Waals surface area contributed by atoms with E-state index in [9.17, 15) is 18.3 Å². The second-order valence-corrected chi connectivity index (χ2v) is 10.1. The van der Waals surface area contributed by atoms with Crippen LogP contribution in [0, 0.1) is 0 Å². The van der Waals surface area contributed by atoms with Crippen molar-refractivity contribution in [3.63, 3.8) is 0 Å². The van der Waals surface area contributed by atoms with Gasteiger partial charge in [-0.2, -0.15) is 5.10 Å². The summed E-state index contributed by atoms with van der Waals surface area (Å²) in [6, 6.07) is 8.53. The highest BCUT2D eigenvalue weighted by Gasteiger charge is 2.16. The van der Waals surface area contributed by atoms with Crippen LogP contribution in [0.1, 0.15) is 43.0 Å². The van der Waals surface area contributed by atoms with Crippen LogP contribution in [0.4, 0.5) is 5.69 Å². The van der Waals surface area contributed by atoms with Gasteiger partial charge in [-0.15, -0.1) is 0 Å². The topological polar surface area (TPSA) is 133 Å².